The van der Waals surface area contributed by atoms with Crippen LogP contribution in [0, 0.1) is 6.92 Å². The first-order valence-corrected chi connectivity index (χ1v) is 6.77. The third-order valence-electron chi connectivity index (χ3n) is 2.91. The molecule has 6 heteroatoms. The van der Waals surface area contributed by atoms with Crippen molar-refractivity contribution in [2.24, 2.45) is 0 Å². The van der Waals surface area contributed by atoms with Crippen molar-refractivity contribution in [3.8, 4) is 11.4 Å². The number of rotatable bonds is 5. The molecule has 114 valence electrons. The van der Waals surface area contributed by atoms with Gasteiger partial charge in [0.1, 0.15) is 17.1 Å². The summed E-state index contributed by atoms with van der Waals surface area (Å²) < 4.78 is 7.13. The average Bonchev–Trinajstić information content (AvgIpc) is 2.47. The molecule has 2 rings (SSSR count). The van der Waals surface area contributed by atoms with E-state index in [0.29, 0.717) is 23.7 Å². The van der Waals surface area contributed by atoms with Gasteiger partial charge >= 0.3 is 5.97 Å². The lowest BCUT2D eigenvalue weighted by atomic mass is 10.2. The van der Waals surface area contributed by atoms with E-state index in [0.717, 1.165) is 6.08 Å². The lowest BCUT2D eigenvalue weighted by Gasteiger charge is -2.14. The van der Waals surface area contributed by atoms with Crippen molar-refractivity contribution in [3.05, 3.63) is 58.0 Å². The van der Waals surface area contributed by atoms with E-state index >= 15 is 0 Å². The predicted molar refractivity (Wildman–Crippen MR) is 82.4 cm³/mol. The molecule has 0 amide bonds. The summed E-state index contributed by atoms with van der Waals surface area (Å²) in [4.78, 5) is 22.5. The van der Waals surface area contributed by atoms with Crippen molar-refractivity contribution in [1.82, 2.24) is 9.78 Å². The molecule has 0 aliphatic heterocycles. The molecule has 2 aromatic rings. The highest BCUT2D eigenvalue weighted by atomic mass is 16.5. The van der Waals surface area contributed by atoms with Crippen LogP contribution in [0.15, 0.2) is 41.2 Å². The second-order valence-electron chi connectivity index (χ2n) is 4.52. The number of carboxylic acids is 1. The fourth-order valence-electron chi connectivity index (χ4n) is 1.98. The molecule has 0 spiro atoms. The summed E-state index contributed by atoms with van der Waals surface area (Å²) in [7, 11) is 0. The van der Waals surface area contributed by atoms with E-state index in [4.69, 9.17) is 9.84 Å². The number of aliphatic carboxylic acids is 1. The van der Waals surface area contributed by atoms with Gasteiger partial charge in [-0.3, -0.25) is 4.79 Å². The summed E-state index contributed by atoms with van der Waals surface area (Å²) in [6, 6.07) is 8.73. The predicted octanol–water partition coefficient (Wildman–Crippen LogP) is 2.04. The van der Waals surface area contributed by atoms with E-state index in [1.165, 1.54) is 12.1 Å². The quantitative estimate of drug-likeness (QED) is 0.855. The van der Waals surface area contributed by atoms with Crippen LogP contribution in [0.2, 0.25) is 0 Å². The second-order valence-corrected chi connectivity index (χ2v) is 4.52. The maximum Gasteiger partial charge on any atom is 0.328 e. The molecule has 1 heterocycles. The molecule has 1 aromatic heterocycles. The Kier molecular flexibility index (Phi) is 4.73. The van der Waals surface area contributed by atoms with Gasteiger partial charge in [0.25, 0.3) is 0 Å². The smallest absolute Gasteiger partial charge is 0.328 e. The summed E-state index contributed by atoms with van der Waals surface area (Å²) >= 11 is 0. The molecular weight excluding hydrogens is 284 g/mol. The molecule has 0 saturated heterocycles. The number of nitrogens with zero attached hydrogens (tertiary/aromatic N) is 2. The van der Waals surface area contributed by atoms with Gasteiger partial charge in [-0.1, -0.05) is 12.1 Å². The highest BCUT2D eigenvalue weighted by molar-refractivity contribution is 5.84. The molecule has 0 bridgehead atoms. The minimum absolute atomic E-state index is 0.0549. The largest absolute Gasteiger partial charge is 0.492 e. The van der Waals surface area contributed by atoms with E-state index in [1.807, 2.05) is 31.2 Å². The topological polar surface area (TPSA) is 81.4 Å². The fourth-order valence-corrected chi connectivity index (χ4v) is 1.98. The first-order chi connectivity index (χ1) is 10.5. The van der Waals surface area contributed by atoms with E-state index in [2.05, 4.69) is 5.10 Å². The lowest BCUT2D eigenvalue weighted by molar-refractivity contribution is -0.131. The molecule has 1 N–H and O–H groups in total. The Balaban J connectivity index is 2.59. The number of hydrogen-bond acceptors (Lipinski definition) is 4. The fraction of sp³-hybridized carbons (Fsp3) is 0.188. The van der Waals surface area contributed by atoms with Gasteiger partial charge in [0.15, 0.2) is 0 Å². The summed E-state index contributed by atoms with van der Waals surface area (Å²) in [5.74, 6) is -0.500. The maximum absolute atomic E-state index is 11.9. The summed E-state index contributed by atoms with van der Waals surface area (Å²) in [6.07, 6.45) is 2.07. The summed E-state index contributed by atoms with van der Waals surface area (Å²) in [5.41, 5.74) is 1.04. The van der Waals surface area contributed by atoms with Crippen LogP contribution >= 0.6 is 0 Å². The number of carbonyl (C=O) groups is 1. The monoisotopic (exact) mass is 300 g/mol. The van der Waals surface area contributed by atoms with Crippen LogP contribution in [0.1, 0.15) is 18.3 Å². The first-order valence-electron chi connectivity index (χ1n) is 6.77. The molecule has 0 radical (unpaired) electrons. The summed E-state index contributed by atoms with van der Waals surface area (Å²) in [6.45, 7) is 4.13. The zero-order chi connectivity index (χ0) is 16.1. The minimum Gasteiger partial charge on any atom is -0.492 e. The van der Waals surface area contributed by atoms with Crippen molar-refractivity contribution < 1.29 is 14.6 Å². The molecule has 0 saturated carbocycles. The number of para-hydroxylation sites is 2. The Labute approximate surface area is 127 Å². The number of aryl methyl sites for hydroxylation is 1. The lowest BCUT2D eigenvalue weighted by Crippen LogP contribution is -2.17. The SMILES string of the molecule is CCOc1ccccc1-n1nc(/C=C/C(=O)O)c(=O)cc1C. The molecule has 0 unspecified atom stereocenters. The number of carboxylic acid groups (broad SMARTS) is 1. The number of ether oxygens (including phenoxy) is 1. The molecule has 6 nitrogen and oxygen atoms in total. The van der Waals surface area contributed by atoms with Gasteiger partial charge in [-0.2, -0.15) is 5.10 Å². The van der Waals surface area contributed by atoms with E-state index in [1.54, 1.807) is 11.6 Å². The average molecular weight is 300 g/mol. The molecule has 0 aliphatic carbocycles. The Hall–Kier alpha value is -2.89. The van der Waals surface area contributed by atoms with Crippen molar-refractivity contribution in [2.75, 3.05) is 6.61 Å². The van der Waals surface area contributed by atoms with Gasteiger partial charge in [0.05, 0.1) is 6.61 Å². The standard InChI is InChI=1S/C16H16N2O4/c1-3-22-15-7-5-4-6-13(15)18-11(2)10-14(19)12(17-18)8-9-16(20)21/h4-10H,3H2,1-2H3,(H,20,21)/b9-8+. The molecule has 1 aromatic carbocycles. The van der Waals surface area contributed by atoms with Crippen molar-refractivity contribution in [3.63, 3.8) is 0 Å². The summed E-state index contributed by atoms with van der Waals surface area (Å²) in [5, 5.41) is 12.9. The highest BCUT2D eigenvalue weighted by Gasteiger charge is 2.10. The van der Waals surface area contributed by atoms with Gasteiger partial charge in [0.2, 0.25) is 5.43 Å². The van der Waals surface area contributed by atoms with Gasteiger partial charge in [-0.15, -0.1) is 0 Å². The van der Waals surface area contributed by atoms with Crippen LogP contribution < -0.4 is 10.2 Å². The van der Waals surface area contributed by atoms with Crippen LogP contribution in [0.3, 0.4) is 0 Å². The molecular formula is C16H16N2O4. The maximum atomic E-state index is 11.9. The molecule has 22 heavy (non-hydrogen) atoms. The van der Waals surface area contributed by atoms with E-state index in [-0.39, 0.29) is 11.1 Å². The minimum atomic E-state index is -1.14. The third kappa shape index (κ3) is 3.41. The normalized spacial score (nSPS) is 10.8. The van der Waals surface area contributed by atoms with Gasteiger partial charge in [0, 0.05) is 17.8 Å². The molecule has 0 fully saturated rings. The van der Waals surface area contributed by atoms with Gasteiger partial charge in [-0.05, 0) is 32.1 Å². The molecule has 0 atom stereocenters. The van der Waals surface area contributed by atoms with Crippen LogP contribution in [0.5, 0.6) is 5.75 Å². The Bertz CT molecular complexity index is 778. The van der Waals surface area contributed by atoms with Crippen LogP contribution in [0.4, 0.5) is 0 Å². The van der Waals surface area contributed by atoms with Gasteiger partial charge in [-0.25, -0.2) is 9.48 Å². The Morgan fingerprint density at radius 2 is 2.14 bits per heavy atom. The first kappa shape index (κ1) is 15.5. The number of benzene rings is 1. The Morgan fingerprint density at radius 1 is 1.41 bits per heavy atom. The Morgan fingerprint density at radius 3 is 2.82 bits per heavy atom. The van der Waals surface area contributed by atoms with Crippen molar-refractivity contribution >= 4 is 12.0 Å². The van der Waals surface area contributed by atoms with Crippen LogP contribution in [-0.4, -0.2) is 27.5 Å². The zero-order valence-electron chi connectivity index (χ0n) is 12.3. The van der Waals surface area contributed by atoms with E-state index < -0.39 is 5.97 Å². The number of aromatic nitrogens is 2. The highest BCUT2D eigenvalue weighted by Crippen LogP contribution is 2.22. The number of hydrogen-bond donors (Lipinski definition) is 1. The second kappa shape index (κ2) is 6.71. The van der Waals surface area contributed by atoms with Crippen LogP contribution in [0.25, 0.3) is 11.8 Å². The van der Waals surface area contributed by atoms with Crippen molar-refractivity contribution in [1.29, 1.82) is 0 Å². The van der Waals surface area contributed by atoms with Crippen LogP contribution in [-0.2, 0) is 4.79 Å². The molecule has 0 aliphatic rings. The zero-order valence-corrected chi connectivity index (χ0v) is 12.3. The van der Waals surface area contributed by atoms with E-state index in [9.17, 15) is 9.59 Å². The van der Waals surface area contributed by atoms with Gasteiger partial charge < -0.3 is 9.84 Å². The van der Waals surface area contributed by atoms with Crippen molar-refractivity contribution in [2.45, 2.75) is 13.8 Å². The third-order valence-corrected chi connectivity index (χ3v) is 2.91.